The van der Waals surface area contributed by atoms with Crippen LogP contribution in [0.5, 0.6) is 17.2 Å². The number of nitrogens with zero attached hydrogens (tertiary/aromatic N) is 1. The Balaban J connectivity index is 1.55. The van der Waals surface area contributed by atoms with Crippen LogP contribution in [0.2, 0.25) is 0 Å². The fourth-order valence-corrected chi connectivity index (χ4v) is 3.18. The average molecular weight is 406 g/mol. The molecular weight excluding hydrogens is 387 g/mol. The first-order valence-electron chi connectivity index (χ1n) is 9.38. The molecule has 1 unspecified atom stereocenters. The van der Waals surface area contributed by atoms with E-state index in [1.807, 2.05) is 6.07 Å². The van der Waals surface area contributed by atoms with Crippen LogP contribution in [0.15, 0.2) is 72.8 Å². The summed E-state index contributed by atoms with van der Waals surface area (Å²) in [7, 11) is 1.53. The van der Waals surface area contributed by atoms with E-state index in [1.54, 1.807) is 42.5 Å². The molecule has 4 rings (SSSR count). The lowest BCUT2D eigenvalue weighted by Crippen LogP contribution is -2.50. The monoisotopic (exact) mass is 406 g/mol. The highest BCUT2D eigenvalue weighted by atomic mass is 19.1. The predicted molar refractivity (Wildman–Crippen MR) is 110 cm³/mol. The van der Waals surface area contributed by atoms with E-state index in [1.165, 1.54) is 36.2 Å². The van der Waals surface area contributed by atoms with Crippen molar-refractivity contribution in [2.24, 2.45) is 0 Å². The van der Waals surface area contributed by atoms with Crippen LogP contribution in [0.25, 0.3) is 0 Å². The first-order chi connectivity index (χ1) is 14.5. The van der Waals surface area contributed by atoms with Crippen molar-refractivity contribution in [1.82, 2.24) is 5.32 Å². The van der Waals surface area contributed by atoms with Crippen molar-refractivity contribution in [2.75, 3.05) is 18.5 Å². The quantitative estimate of drug-likeness (QED) is 0.716. The van der Waals surface area contributed by atoms with Gasteiger partial charge in [0.25, 0.3) is 11.8 Å². The molecule has 1 heterocycles. The summed E-state index contributed by atoms with van der Waals surface area (Å²) in [6, 6.07) is 19.4. The maximum absolute atomic E-state index is 13.2. The standard InChI is InChI=1S/C23H19FN2O4/c1-25-22(27)21-14-26(19-4-2-3-5-20(19)30-21)23(28)15-6-10-17(11-7-15)29-18-12-8-16(24)9-13-18/h2-13,21H,14H2,1H3,(H,25,27). The van der Waals surface area contributed by atoms with Gasteiger partial charge in [-0.3, -0.25) is 9.59 Å². The van der Waals surface area contributed by atoms with Crippen LogP contribution in [0.3, 0.4) is 0 Å². The van der Waals surface area contributed by atoms with Crippen LogP contribution in [-0.4, -0.2) is 31.5 Å². The zero-order valence-electron chi connectivity index (χ0n) is 16.2. The molecule has 0 saturated heterocycles. The van der Waals surface area contributed by atoms with E-state index in [0.29, 0.717) is 28.5 Å². The SMILES string of the molecule is CNC(=O)C1CN(C(=O)c2ccc(Oc3ccc(F)cc3)cc2)c2ccccc2O1. The Morgan fingerprint density at radius 1 is 1.00 bits per heavy atom. The minimum atomic E-state index is -0.796. The smallest absolute Gasteiger partial charge is 0.262 e. The highest BCUT2D eigenvalue weighted by molar-refractivity contribution is 6.08. The Labute approximate surface area is 172 Å². The first-order valence-corrected chi connectivity index (χ1v) is 9.38. The molecule has 1 aliphatic rings. The van der Waals surface area contributed by atoms with Gasteiger partial charge < -0.3 is 19.7 Å². The van der Waals surface area contributed by atoms with Gasteiger partial charge in [0.15, 0.2) is 6.10 Å². The second-order valence-electron chi connectivity index (χ2n) is 6.68. The molecule has 3 aromatic rings. The molecule has 1 N–H and O–H groups in total. The highest BCUT2D eigenvalue weighted by Crippen LogP contribution is 2.34. The van der Waals surface area contributed by atoms with Crippen molar-refractivity contribution in [3.8, 4) is 17.2 Å². The minimum absolute atomic E-state index is 0.101. The maximum Gasteiger partial charge on any atom is 0.262 e. The van der Waals surface area contributed by atoms with Crippen molar-refractivity contribution >= 4 is 17.5 Å². The average Bonchev–Trinajstić information content (AvgIpc) is 2.79. The summed E-state index contributed by atoms with van der Waals surface area (Å²) in [6.07, 6.45) is -0.796. The van der Waals surface area contributed by atoms with Crippen LogP contribution < -0.4 is 19.7 Å². The van der Waals surface area contributed by atoms with E-state index in [4.69, 9.17) is 9.47 Å². The summed E-state index contributed by atoms with van der Waals surface area (Å²) in [5.41, 5.74) is 1.04. The van der Waals surface area contributed by atoms with Crippen LogP contribution >= 0.6 is 0 Å². The zero-order chi connectivity index (χ0) is 21.1. The normalized spacial score (nSPS) is 15.0. The third kappa shape index (κ3) is 3.96. The molecular formula is C23H19FN2O4. The Kier molecular flexibility index (Phi) is 5.34. The van der Waals surface area contributed by atoms with Gasteiger partial charge >= 0.3 is 0 Å². The summed E-state index contributed by atoms with van der Waals surface area (Å²) in [4.78, 5) is 26.8. The summed E-state index contributed by atoms with van der Waals surface area (Å²) in [5, 5.41) is 2.56. The highest BCUT2D eigenvalue weighted by Gasteiger charge is 2.33. The second kappa shape index (κ2) is 8.24. The molecule has 30 heavy (non-hydrogen) atoms. The van der Waals surface area contributed by atoms with Gasteiger partial charge in [0.05, 0.1) is 12.2 Å². The Bertz CT molecular complexity index is 1070. The van der Waals surface area contributed by atoms with Crippen LogP contribution in [0, 0.1) is 5.82 Å². The molecule has 6 nitrogen and oxygen atoms in total. The maximum atomic E-state index is 13.2. The van der Waals surface area contributed by atoms with E-state index < -0.39 is 6.10 Å². The van der Waals surface area contributed by atoms with Crippen molar-refractivity contribution in [2.45, 2.75) is 6.10 Å². The molecule has 0 bridgehead atoms. The van der Waals surface area contributed by atoms with Gasteiger partial charge in [-0.25, -0.2) is 4.39 Å². The number of halogens is 1. The van der Waals surface area contributed by atoms with Crippen molar-refractivity contribution in [1.29, 1.82) is 0 Å². The third-order valence-corrected chi connectivity index (χ3v) is 4.71. The van der Waals surface area contributed by atoms with E-state index >= 15 is 0 Å². The van der Waals surface area contributed by atoms with E-state index in [-0.39, 0.29) is 24.2 Å². The third-order valence-electron chi connectivity index (χ3n) is 4.71. The summed E-state index contributed by atoms with van der Waals surface area (Å²) < 4.78 is 24.4. The van der Waals surface area contributed by atoms with Crippen LogP contribution in [0.1, 0.15) is 10.4 Å². The lowest BCUT2D eigenvalue weighted by molar-refractivity contribution is -0.127. The molecule has 0 fully saturated rings. The lowest BCUT2D eigenvalue weighted by Gasteiger charge is -2.34. The van der Waals surface area contributed by atoms with Crippen LogP contribution in [0.4, 0.5) is 10.1 Å². The van der Waals surface area contributed by atoms with Gasteiger partial charge in [-0.1, -0.05) is 12.1 Å². The van der Waals surface area contributed by atoms with Gasteiger partial charge in [0.1, 0.15) is 23.1 Å². The molecule has 0 saturated carbocycles. The lowest BCUT2D eigenvalue weighted by atomic mass is 10.1. The largest absolute Gasteiger partial charge is 0.477 e. The summed E-state index contributed by atoms with van der Waals surface area (Å²) in [6.45, 7) is 0.101. The van der Waals surface area contributed by atoms with E-state index in [2.05, 4.69) is 5.32 Å². The summed E-state index contributed by atoms with van der Waals surface area (Å²) in [5.74, 6) is 0.583. The Morgan fingerprint density at radius 3 is 2.30 bits per heavy atom. The van der Waals surface area contributed by atoms with Crippen molar-refractivity contribution < 1.29 is 23.5 Å². The topological polar surface area (TPSA) is 67.9 Å². The number of hydrogen-bond acceptors (Lipinski definition) is 4. The number of fused-ring (bicyclic) bond motifs is 1. The fourth-order valence-electron chi connectivity index (χ4n) is 3.18. The van der Waals surface area contributed by atoms with Gasteiger partial charge in [0, 0.05) is 12.6 Å². The van der Waals surface area contributed by atoms with Gasteiger partial charge in [-0.05, 0) is 60.7 Å². The number of carbonyl (C=O) groups excluding carboxylic acids is 2. The van der Waals surface area contributed by atoms with Gasteiger partial charge in [-0.2, -0.15) is 0 Å². The molecule has 0 aliphatic carbocycles. The molecule has 3 aromatic carbocycles. The van der Waals surface area contributed by atoms with Crippen molar-refractivity contribution in [3.05, 3.63) is 84.2 Å². The molecule has 1 aliphatic heterocycles. The molecule has 0 spiro atoms. The number of anilines is 1. The van der Waals surface area contributed by atoms with E-state index in [9.17, 15) is 14.0 Å². The molecule has 152 valence electrons. The number of amides is 2. The predicted octanol–water partition coefficient (Wildman–Crippen LogP) is 3.77. The number of benzene rings is 3. The zero-order valence-corrected chi connectivity index (χ0v) is 16.2. The number of hydrogen-bond donors (Lipinski definition) is 1. The van der Waals surface area contributed by atoms with Gasteiger partial charge in [-0.15, -0.1) is 0 Å². The van der Waals surface area contributed by atoms with Crippen LogP contribution in [-0.2, 0) is 4.79 Å². The minimum Gasteiger partial charge on any atom is -0.477 e. The second-order valence-corrected chi connectivity index (χ2v) is 6.68. The summed E-state index contributed by atoms with van der Waals surface area (Å²) >= 11 is 0. The Morgan fingerprint density at radius 2 is 1.63 bits per heavy atom. The Hall–Kier alpha value is -3.87. The number of ether oxygens (including phenoxy) is 2. The molecule has 1 atom stereocenters. The van der Waals surface area contributed by atoms with Crippen molar-refractivity contribution in [3.63, 3.8) is 0 Å². The van der Waals surface area contributed by atoms with Gasteiger partial charge in [0.2, 0.25) is 0 Å². The molecule has 0 radical (unpaired) electrons. The first kappa shape index (κ1) is 19.4. The number of nitrogens with one attached hydrogen (secondary N) is 1. The molecule has 7 heteroatoms. The number of likely N-dealkylation sites (N-methyl/N-ethyl adjacent to an activating group) is 1. The number of carbonyl (C=O) groups is 2. The number of rotatable bonds is 4. The fraction of sp³-hybridized carbons (Fsp3) is 0.130. The molecule has 2 amide bonds. The molecule has 0 aromatic heterocycles. The number of para-hydroxylation sites is 2. The van der Waals surface area contributed by atoms with E-state index in [0.717, 1.165) is 0 Å².